The predicted octanol–water partition coefficient (Wildman–Crippen LogP) is 5.09. The maximum absolute atomic E-state index is 5.95. The summed E-state index contributed by atoms with van der Waals surface area (Å²) in [6.07, 6.45) is 0. The van der Waals surface area contributed by atoms with Crippen LogP contribution in [0.4, 0.5) is 0 Å². The molecule has 0 aliphatic rings. The lowest BCUT2D eigenvalue weighted by atomic mass is 10.2. The SMILES string of the molecule is CC(C)(C)Oc1cccc(Pc2cccc(OC(C)(C)C)c2)c1.Cl. The van der Waals surface area contributed by atoms with E-state index in [0.29, 0.717) is 8.58 Å². The van der Waals surface area contributed by atoms with E-state index in [1.165, 1.54) is 10.6 Å². The van der Waals surface area contributed by atoms with Gasteiger partial charge in [0.05, 0.1) is 0 Å². The lowest BCUT2D eigenvalue weighted by Crippen LogP contribution is -2.23. The summed E-state index contributed by atoms with van der Waals surface area (Å²) in [6.45, 7) is 12.4. The first-order chi connectivity index (χ1) is 10.6. The van der Waals surface area contributed by atoms with Crippen molar-refractivity contribution in [2.24, 2.45) is 0 Å². The Balaban J connectivity index is 0.00000288. The number of hydrogen-bond donors (Lipinski definition) is 0. The molecule has 0 fully saturated rings. The van der Waals surface area contributed by atoms with Gasteiger partial charge in [-0.15, -0.1) is 12.4 Å². The van der Waals surface area contributed by atoms with Crippen LogP contribution in [0.25, 0.3) is 0 Å². The van der Waals surface area contributed by atoms with Gasteiger partial charge < -0.3 is 9.47 Å². The highest BCUT2D eigenvalue weighted by molar-refractivity contribution is 7.55. The zero-order valence-corrected chi connectivity index (χ0v) is 17.2. The highest BCUT2D eigenvalue weighted by atomic mass is 35.5. The molecule has 0 atom stereocenters. The Labute approximate surface area is 154 Å². The summed E-state index contributed by atoms with van der Waals surface area (Å²) in [4.78, 5) is 0. The molecule has 0 N–H and O–H groups in total. The van der Waals surface area contributed by atoms with Crippen LogP contribution in [0.3, 0.4) is 0 Å². The third kappa shape index (κ3) is 7.55. The van der Waals surface area contributed by atoms with Crippen molar-refractivity contribution < 1.29 is 9.47 Å². The fourth-order valence-electron chi connectivity index (χ4n) is 2.15. The highest BCUT2D eigenvalue weighted by Crippen LogP contribution is 2.22. The minimum Gasteiger partial charge on any atom is -0.488 e. The second kappa shape index (κ2) is 8.23. The summed E-state index contributed by atoms with van der Waals surface area (Å²) >= 11 is 0. The molecule has 0 unspecified atom stereocenters. The fraction of sp³-hybridized carbons (Fsp3) is 0.400. The van der Waals surface area contributed by atoms with Gasteiger partial charge in [0.2, 0.25) is 0 Å². The van der Waals surface area contributed by atoms with Gasteiger partial charge in [-0.1, -0.05) is 32.8 Å². The van der Waals surface area contributed by atoms with Crippen molar-refractivity contribution in [1.82, 2.24) is 0 Å². The van der Waals surface area contributed by atoms with E-state index < -0.39 is 0 Å². The third-order valence-corrected chi connectivity index (χ3v) is 4.00. The number of ether oxygens (including phenoxy) is 2. The van der Waals surface area contributed by atoms with Crippen LogP contribution in [0, 0.1) is 0 Å². The number of benzene rings is 2. The van der Waals surface area contributed by atoms with Crippen LogP contribution in [0.5, 0.6) is 11.5 Å². The number of hydrogen-bond acceptors (Lipinski definition) is 2. The van der Waals surface area contributed by atoms with Gasteiger partial charge >= 0.3 is 0 Å². The van der Waals surface area contributed by atoms with Crippen LogP contribution in [0.2, 0.25) is 0 Å². The lowest BCUT2D eigenvalue weighted by Gasteiger charge is -2.22. The highest BCUT2D eigenvalue weighted by Gasteiger charge is 2.13. The van der Waals surface area contributed by atoms with E-state index in [0.717, 1.165) is 11.5 Å². The van der Waals surface area contributed by atoms with Crippen LogP contribution in [0.1, 0.15) is 41.5 Å². The maximum atomic E-state index is 5.95. The summed E-state index contributed by atoms with van der Waals surface area (Å²) in [5, 5.41) is 2.53. The Kier molecular flexibility index (Phi) is 7.13. The van der Waals surface area contributed by atoms with Crippen molar-refractivity contribution in [3.05, 3.63) is 48.5 Å². The summed E-state index contributed by atoms with van der Waals surface area (Å²) < 4.78 is 11.9. The molecule has 0 heterocycles. The molecule has 2 nitrogen and oxygen atoms in total. The van der Waals surface area contributed by atoms with E-state index in [9.17, 15) is 0 Å². The number of halogens is 1. The van der Waals surface area contributed by atoms with Crippen molar-refractivity contribution in [2.75, 3.05) is 0 Å². The van der Waals surface area contributed by atoms with E-state index in [-0.39, 0.29) is 23.6 Å². The molecule has 0 bridgehead atoms. The molecule has 0 spiro atoms. The van der Waals surface area contributed by atoms with E-state index in [1.54, 1.807) is 0 Å². The quantitative estimate of drug-likeness (QED) is 0.701. The zero-order valence-electron chi connectivity index (χ0n) is 15.3. The smallest absolute Gasteiger partial charge is 0.120 e. The van der Waals surface area contributed by atoms with Gasteiger partial charge in [-0.05, 0) is 76.4 Å². The first-order valence-electron chi connectivity index (χ1n) is 7.96. The maximum Gasteiger partial charge on any atom is 0.120 e. The molecular formula is C20H28ClO2P. The van der Waals surface area contributed by atoms with Crippen LogP contribution in [-0.2, 0) is 0 Å². The summed E-state index contributed by atoms with van der Waals surface area (Å²) in [6, 6.07) is 16.7. The van der Waals surface area contributed by atoms with E-state index in [1.807, 2.05) is 12.1 Å². The van der Waals surface area contributed by atoms with E-state index in [2.05, 4.69) is 77.9 Å². The lowest BCUT2D eigenvalue weighted by molar-refractivity contribution is 0.130. The van der Waals surface area contributed by atoms with Crippen molar-refractivity contribution in [2.45, 2.75) is 52.7 Å². The van der Waals surface area contributed by atoms with Crippen LogP contribution < -0.4 is 20.1 Å². The second-order valence-electron chi connectivity index (χ2n) is 7.61. The molecule has 0 aliphatic heterocycles. The van der Waals surface area contributed by atoms with E-state index in [4.69, 9.17) is 9.47 Å². The molecule has 2 aromatic carbocycles. The van der Waals surface area contributed by atoms with Gasteiger partial charge in [0.1, 0.15) is 22.7 Å². The zero-order chi connectivity index (χ0) is 17.1. The molecule has 0 aromatic heterocycles. The van der Waals surface area contributed by atoms with Crippen molar-refractivity contribution in [3.8, 4) is 11.5 Å². The summed E-state index contributed by atoms with van der Waals surface area (Å²) in [5.41, 5.74) is -0.357. The third-order valence-electron chi connectivity index (χ3n) is 2.80. The predicted molar refractivity (Wildman–Crippen MR) is 108 cm³/mol. The van der Waals surface area contributed by atoms with Gasteiger partial charge in [0.25, 0.3) is 0 Å². The minimum atomic E-state index is -0.178. The van der Waals surface area contributed by atoms with Gasteiger partial charge in [-0.2, -0.15) is 0 Å². The molecule has 2 aromatic rings. The molecule has 0 saturated carbocycles. The number of rotatable bonds is 4. The molecular weight excluding hydrogens is 339 g/mol. The average Bonchev–Trinajstić information content (AvgIpc) is 2.35. The Bertz CT molecular complexity index is 600. The molecule has 0 amide bonds. The standard InChI is InChI=1S/C20H27O2P.ClH/c1-19(2,3)21-15-9-7-11-17(13-15)23-18-12-8-10-16(14-18)22-20(4,5)6;/h7-14,23H,1-6H3;1H. The molecule has 0 saturated heterocycles. The Morgan fingerprint density at radius 3 is 1.38 bits per heavy atom. The van der Waals surface area contributed by atoms with Gasteiger partial charge in [0.15, 0.2) is 0 Å². The second-order valence-corrected chi connectivity index (χ2v) is 9.01. The summed E-state index contributed by atoms with van der Waals surface area (Å²) in [5.74, 6) is 1.84. The molecule has 0 radical (unpaired) electrons. The summed E-state index contributed by atoms with van der Waals surface area (Å²) in [7, 11) is 0.582. The monoisotopic (exact) mass is 366 g/mol. The van der Waals surface area contributed by atoms with Crippen LogP contribution in [0.15, 0.2) is 48.5 Å². The molecule has 2 rings (SSSR count). The van der Waals surface area contributed by atoms with Crippen molar-refractivity contribution >= 4 is 31.6 Å². The molecule has 24 heavy (non-hydrogen) atoms. The molecule has 0 aliphatic carbocycles. The normalized spacial score (nSPS) is 11.6. The molecule has 132 valence electrons. The first kappa shape index (κ1) is 20.8. The van der Waals surface area contributed by atoms with Crippen LogP contribution in [-0.4, -0.2) is 11.2 Å². The largest absolute Gasteiger partial charge is 0.488 e. The van der Waals surface area contributed by atoms with Crippen molar-refractivity contribution in [3.63, 3.8) is 0 Å². The Morgan fingerprint density at radius 2 is 1.04 bits per heavy atom. The Hall–Kier alpha value is -1.24. The molecule has 4 heteroatoms. The van der Waals surface area contributed by atoms with Gasteiger partial charge in [-0.25, -0.2) is 0 Å². The fourth-order valence-corrected chi connectivity index (χ4v) is 3.27. The van der Waals surface area contributed by atoms with E-state index >= 15 is 0 Å². The topological polar surface area (TPSA) is 18.5 Å². The minimum absolute atomic E-state index is 0. The average molecular weight is 367 g/mol. The van der Waals surface area contributed by atoms with Crippen molar-refractivity contribution in [1.29, 1.82) is 0 Å². The van der Waals surface area contributed by atoms with Gasteiger partial charge in [-0.3, -0.25) is 0 Å². The van der Waals surface area contributed by atoms with Gasteiger partial charge in [0, 0.05) is 0 Å². The Morgan fingerprint density at radius 1 is 0.667 bits per heavy atom. The van der Waals surface area contributed by atoms with Crippen LogP contribution >= 0.6 is 21.0 Å². The first-order valence-corrected chi connectivity index (χ1v) is 8.96.